The molecule has 1 fully saturated rings. The van der Waals surface area contributed by atoms with Crippen molar-refractivity contribution in [2.75, 3.05) is 39.3 Å². The molecule has 1 radical (unpaired) electrons. The van der Waals surface area contributed by atoms with E-state index in [2.05, 4.69) is 63.7 Å². The van der Waals surface area contributed by atoms with Crippen molar-refractivity contribution in [3.8, 4) is 0 Å². The summed E-state index contributed by atoms with van der Waals surface area (Å²) >= 11 is 0. The van der Waals surface area contributed by atoms with Crippen molar-refractivity contribution in [2.24, 2.45) is 0 Å². The lowest BCUT2D eigenvalue weighted by Gasteiger charge is -2.34. The van der Waals surface area contributed by atoms with E-state index < -0.39 is 0 Å². The maximum absolute atomic E-state index is 4.77. The van der Waals surface area contributed by atoms with Gasteiger partial charge in [-0.2, -0.15) is 0 Å². The van der Waals surface area contributed by atoms with Crippen LogP contribution in [0.25, 0.3) is 10.9 Å². The van der Waals surface area contributed by atoms with Gasteiger partial charge in [0.15, 0.2) is 0 Å². The number of fused-ring (bicyclic) bond motifs is 1. The molecule has 1 aliphatic rings. The van der Waals surface area contributed by atoms with Gasteiger partial charge in [-0.25, -0.2) is 0 Å². The summed E-state index contributed by atoms with van der Waals surface area (Å²) in [6, 6.07) is 17.1. The Hall–Kier alpha value is -2.30. The molecule has 4 nitrogen and oxygen atoms in total. The Morgan fingerprint density at radius 3 is 2.54 bits per heavy atom. The zero-order valence-electron chi connectivity index (χ0n) is 16.7. The highest BCUT2D eigenvalue weighted by molar-refractivity contribution is 5.80. The molecule has 3 heterocycles. The zero-order valence-corrected chi connectivity index (χ0v) is 16.7. The molecule has 1 saturated heterocycles. The minimum Gasteiger partial charge on any atom is -0.301 e. The maximum atomic E-state index is 4.77. The highest BCUT2D eigenvalue weighted by atomic mass is 15.3. The number of rotatable bonds is 7. The van der Waals surface area contributed by atoms with E-state index in [4.69, 9.17) is 4.98 Å². The number of nitrogens with zero attached hydrogens (tertiary/aromatic N) is 4. The van der Waals surface area contributed by atoms with Crippen molar-refractivity contribution in [2.45, 2.75) is 19.8 Å². The summed E-state index contributed by atoms with van der Waals surface area (Å²) in [7, 11) is 0. The Balaban J connectivity index is 1.19. The van der Waals surface area contributed by atoms with Gasteiger partial charge in [0.2, 0.25) is 0 Å². The average Bonchev–Trinajstić information content (AvgIpc) is 2.74. The molecule has 4 rings (SSSR count). The summed E-state index contributed by atoms with van der Waals surface area (Å²) in [5.41, 5.74) is 4.58. The van der Waals surface area contributed by atoms with Gasteiger partial charge in [0.25, 0.3) is 0 Å². The average molecular weight is 374 g/mol. The number of aromatic nitrogens is 2. The minimum absolute atomic E-state index is 0.973. The molecule has 0 aliphatic carbocycles. The van der Waals surface area contributed by atoms with Crippen LogP contribution in [0.1, 0.15) is 23.4 Å². The smallest absolute Gasteiger partial charge is 0.0738 e. The van der Waals surface area contributed by atoms with Crippen molar-refractivity contribution in [1.82, 2.24) is 19.8 Å². The van der Waals surface area contributed by atoms with Crippen LogP contribution in [-0.4, -0.2) is 59.0 Å². The van der Waals surface area contributed by atoms with Gasteiger partial charge in [-0.05, 0) is 50.1 Å². The number of hydrogen-bond acceptors (Lipinski definition) is 4. The van der Waals surface area contributed by atoms with Crippen LogP contribution < -0.4 is 0 Å². The fourth-order valence-electron chi connectivity index (χ4n) is 3.90. The van der Waals surface area contributed by atoms with Gasteiger partial charge >= 0.3 is 0 Å². The Morgan fingerprint density at radius 1 is 0.929 bits per heavy atom. The standard InChI is InChI=1S/C24H29N4/c1-20-23-10-9-22(26-24(23)11-13-25-20)12-15-28-18-16-27(17-19-28)14-5-8-21-6-3-2-4-7-21/h2-4,6-7,9-13H,5,8,14-19H2,1H3. The normalized spacial score (nSPS) is 15.9. The van der Waals surface area contributed by atoms with Gasteiger partial charge in [0.1, 0.15) is 0 Å². The highest BCUT2D eigenvalue weighted by Crippen LogP contribution is 2.16. The van der Waals surface area contributed by atoms with Crippen LogP contribution in [-0.2, 0) is 6.42 Å². The van der Waals surface area contributed by atoms with Crippen LogP contribution in [0.2, 0.25) is 0 Å². The van der Waals surface area contributed by atoms with E-state index in [1.165, 1.54) is 38.0 Å². The van der Waals surface area contributed by atoms with E-state index in [1.807, 2.05) is 19.2 Å². The number of pyridine rings is 2. The molecule has 0 unspecified atom stereocenters. The van der Waals surface area contributed by atoms with Crippen LogP contribution in [0.4, 0.5) is 0 Å². The Morgan fingerprint density at radius 2 is 1.71 bits per heavy atom. The number of piperazine rings is 1. The van der Waals surface area contributed by atoms with Crippen LogP contribution in [0, 0.1) is 13.3 Å². The van der Waals surface area contributed by atoms with Gasteiger partial charge in [0, 0.05) is 62.1 Å². The number of benzene rings is 1. The first-order valence-corrected chi connectivity index (χ1v) is 10.3. The van der Waals surface area contributed by atoms with Gasteiger partial charge in [-0.3, -0.25) is 9.97 Å². The molecule has 145 valence electrons. The molecule has 0 atom stereocenters. The monoisotopic (exact) mass is 373 g/mol. The lowest BCUT2D eigenvalue weighted by molar-refractivity contribution is 0.139. The first-order chi connectivity index (χ1) is 13.8. The lowest BCUT2D eigenvalue weighted by atomic mass is 10.1. The van der Waals surface area contributed by atoms with E-state index in [0.29, 0.717) is 0 Å². The second-order valence-electron chi connectivity index (χ2n) is 7.63. The fourth-order valence-corrected chi connectivity index (χ4v) is 3.90. The second kappa shape index (κ2) is 9.26. The Bertz CT molecular complexity index is 886. The van der Waals surface area contributed by atoms with Crippen LogP contribution >= 0.6 is 0 Å². The lowest BCUT2D eigenvalue weighted by Crippen LogP contribution is -2.46. The van der Waals surface area contributed by atoms with Crippen molar-refractivity contribution in [3.63, 3.8) is 0 Å². The van der Waals surface area contributed by atoms with Crippen LogP contribution in [0.5, 0.6) is 0 Å². The summed E-state index contributed by atoms with van der Waals surface area (Å²) in [4.78, 5) is 14.2. The summed E-state index contributed by atoms with van der Waals surface area (Å²) < 4.78 is 0. The first-order valence-electron chi connectivity index (χ1n) is 10.3. The molecule has 2 aromatic heterocycles. The van der Waals surface area contributed by atoms with Crippen molar-refractivity contribution >= 4 is 10.9 Å². The third-order valence-corrected chi connectivity index (χ3v) is 5.64. The van der Waals surface area contributed by atoms with Crippen molar-refractivity contribution in [3.05, 3.63) is 78.1 Å². The number of hydrogen-bond donors (Lipinski definition) is 0. The van der Waals surface area contributed by atoms with Crippen LogP contribution in [0.3, 0.4) is 0 Å². The molecule has 1 aliphatic heterocycles. The van der Waals surface area contributed by atoms with Gasteiger partial charge < -0.3 is 9.80 Å². The molecule has 0 spiro atoms. The molecule has 0 saturated carbocycles. The third-order valence-electron chi connectivity index (χ3n) is 5.64. The largest absolute Gasteiger partial charge is 0.301 e. The summed E-state index contributed by atoms with van der Waals surface area (Å²) in [5.74, 6) is 0. The SMILES string of the molecule is Cc1nccc2nc([CH]CN3CCN(CCCc4ccccc4)CC3)ccc12. The summed E-state index contributed by atoms with van der Waals surface area (Å²) in [6.45, 7) is 8.81. The molecule has 3 aromatic rings. The molecule has 1 aromatic carbocycles. The van der Waals surface area contributed by atoms with Crippen LogP contribution in [0.15, 0.2) is 54.7 Å². The molecule has 0 bridgehead atoms. The molecular formula is C24H29N4. The maximum Gasteiger partial charge on any atom is 0.0738 e. The minimum atomic E-state index is 0.973. The van der Waals surface area contributed by atoms with Gasteiger partial charge in [-0.15, -0.1) is 0 Å². The van der Waals surface area contributed by atoms with E-state index in [9.17, 15) is 0 Å². The molecule has 0 amide bonds. The Labute approximate surface area is 168 Å². The molecular weight excluding hydrogens is 344 g/mol. The summed E-state index contributed by atoms with van der Waals surface area (Å²) in [5, 5.41) is 1.14. The topological polar surface area (TPSA) is 32.3 Å². The third kappa shape index (κ3) is 4.94. The number of aryl methyl sites for hydroxylation is 2. The highest BCUT2D eigenvalue weighted by Gasteiger charge is 2.16. The van der Waals surface area contributed by atoms with Gasteiger partial charge in [0.05, 0.1) is 5.52 Å². The zero-order chi connectivity index (χ0) is 19.2. The fraction of sp³-hybridized carbons (Fsp3) is 0.375. The predicted molar refractivity (Wildman–Crippen MR) is 115 cm³/mol. The van der Waals surface area contributed by atoms with E-state index in [0.717, 1.165) is 41.9 Å². The molecule has 28 heavy (non-hydrogen) atoms. The quantitative estimate of drug-likeness (QED) is 0.631. The first kappa shape index (κ1) is 19.0. The predicted octanol–water partition coefficient (Wildman–Crippen LogP) is 3.74. The summed E-state index contributed by atoms with van der Waals surface area (Å²) in [6.07, 6.45) is 6.51. The van der Waals surface area contributed by atoms with E-state index >= 15 is 0 Å². The van der Waals surface area contributed by atoms with Crippen molar-refractivity contribution in [1.29, 1.82) is 0 Å². The van der Waals surface area contributed by atoms with Gasteiger partial charge in [-0.1, -0.05) is 30.3 Å². The Kier molecular flexibility index (Phi) is 6.30. The second-order valence-corrected chi connectivity index (χ2v) is 7.63. The van der Waals surface area contributed by atoms with E-state index in [-0.39, 0.29) is 0 Å². The molecule has 0 N–H and O–H groups in total. The molecule has 4 heteroatoms. The van der Waals surface area contributed by atoms with Crippen molar-refractivity contribution < 1.29 is 0 Å². The van der Waals surface area contributed by atoms with E-state index in [1.54, 1.807) is 0 Å².